The fourth-order valence-corrected chi connectivity index (χ4v) is 5.76. The van der Waals surface area contributed by atoms with Gasteiger partial charge >= 0.3 is 0 Å². The van der Waals surface area contributed by atoms with E-state index in [0.29, 0.717) is 5.56 Å². The lowest BCUT2D eigenvalue weighted by atomic mass is 9.75. The normalized spacial score (nSPS) is 15.4. The number of fused-ring (bicyclic) bond motifs is 3. The third kappa shape index (κ3) is 4.05. The van der Waals surface area contributed by atoms with Gasteiger partial charge < -0.3 is 4.90 Å². The average molecular weight is 496 g/mol. The largest absolute Gasteiger partial charge is 0.310 e. The van der Waals surface area contributed by atoms with Crippen LogP contribution in [0.1, 0.15) is 34.0 Å². The zero-order valence-electron chi connectivity index (χ0n) is 21.3. The Kier molecular flexibility index (Phi) is 6.02. The first kappa shape index (κ1) is 23.7. The second-order valence-corrected chi connectivity index (χ2v) is 9.96. The number of carbonyl (C=O) groups is 1. The van der Waals surface area contributed by atoms with Crippen LogP contribution < -0.4 is 16.2 Å². The molecule has 1 atom stereocenters. The molecule has 0 saturated carbocycles. The molecule has 0 aromatic heterocycles. The molecule has 0 aliphatic heterocycles. The van der Waals surface area contributed by atoms with Crippen molar-refractivity contribution in [1.29, 1.82) is 0 Å². The van der Waals surface area contributed by atoms with Gasteiger partial charge in [0.2, 0.25) is 0 Å². The fraction of sp³-hybridized carbons (Fsp3) is 0.0882. The molecule has 1 aliphatic rings. The number of hydrazine groups is 1. The van der Waals surface area contributed by atoms with Crippen LogP contribution in [0, 0.1) is 0 Å². The lowest BCUT2D eigenvalue weighted by molar-refractivity contribution is 0.0953. The first-order chi connectivity index (χ1) is 18.6. The third-order valence-corrected chi connectivity index (χ3v) is 7.58. The van der Waals surface area contributed by atoms with E-state index >= 15 is 0 Å². The zero-order valence-corrected chi connectivity index (χ0v) is 21.3. The zero-order chi connectivity index (χ0) is 26.1. The molecule has 3 N–H and O–H groups in total. The Morgan fingerprint density at radius 1 is 0.684 bits per heavy atom. The standard InChI is InChI=1S/C34H29N3O/c1-34(23-24-11-5-2-6-12-24)31-21-25(33(38)36-35)17-19-29(31)30-20-18-28(22-32(30)34)37(26-13-7-3-8-14-26)27-15-9-4-10-16-27/h2-22H,23,35H2,1H3,(H,36,38). The number of rotatable bonds is 6. The molecule has 38 heavy (non-hydrogen) atoms. The van der Waals surface area contributed by atoms with Crippen molar-refractivity contribution in [3.63, 3.8) is 0 Å². The van der Waals surface area contributed by atoms with Crippen LogP contribution in [0.2, 0.25) is 0 Å². The number of nitrogens with one attached hydrogen (secondary N) is 1. The highest BCUT2D eigenvalue weighted by Gasteiger charge is 2.40. The Hall–Kier alpha value is -4.67. The Balaban J connectivity index is 1.55. The lowest BCUT2D eigenvalue weighted by Gasteiger charge is -2.30. The summed E-state index contributed by atoms with van der Waals surface area (Å²) in [6, 6.07) is 44.1. The van der Waals surface area contributed by atoms with Gasteiger partial charge in [0.25, 0.3) is 5.91 Å². The van der Waals surface area contributed by atoms with Crippen LogP contribution >= 0.6 is 0 Å². The fourth-order valence-electron chi connectivity index (χ4n) is 5.76. The number of hydrogen-bond donors (Lipinski definition) is 2. The Labute approximate surface area is 223 Å². The van der Waals surface area contributed by atoms with Gasteiger partial charge in [-0.25, -0.2) is 5.84 Å². The highest BCUT2D eigenvalue weighted by molar-refractivity contribution is 5.96. The molecule has 1 unspecified atom stereocenters. The molecule has 4 heteroatoms. The summed E-state index contributed by atoms with van der Waals surface area (Å²) < 4.78 is 0. The van der Waals surface area contributed by atoms with Gasteiger partial charge in [-0.1, -0.05) is 85.8 Å². The molecule has 0 saturated heterocycles. The second-order valence-electron chi connectivity index (χ2n) is 9.96. The number of para-hydroxylation sites is 2. The van der Waals surface area contributed by atoms with Crippen molar-refractivity contribution in [2.24, 2.45) is 5.84 Å². The van der Waals surface area contributed by atoms with Crippen LogP contribution in [0.5, 0.6) is 0 Å². The van der Waals surface area contributed by atoms with Gasteiger partial charge in [0.15, 0.2) is 0 Å². The molecule has 0 fully saturated rings. The number of carbonyl (C=O) groups excluding carboxylic acids is 1. The SMILES string of the molecule is CC1(Cc2ccccc2)c2cc(C(=O)NN)ccc2-c2ccc(N(c3ccccc3)c3ccccc3)cc21. The maximum absolute atomic E-state index is 12.5. The topological polar surface area (TPSA) is 58.4 Å². The van der Waals surface area contributed by atoms with E-state index in [4.69, 9.17) is 5.84 Å². The second kappa shape index (κ2) is 9.66. The Morgan fingerprint density at radius 2 is 1.21 bits per heavy atom. The van der Waals surface area contributed by atoms with E-state index < -0.39 is 0 Å². The van der Waals surface area contributed by atoms with E-state index in [1.54, 1.807) is 0 Å². The predicted molar refractivity (Wildman–Crippen MR) is 155 cm³/mol. The summed E-state index contributed by atoms with van der Waals surface area (Å²) in [6.07, 6.45) is 0.807. The molecular formula is C34H29N3O. The third-order valence-electron chi connectivity index (χ3n) is 7.58. The molecule has 0 spiro atoms. The minimum atomic E-state index is -0.341. The van der Waals surface area contributed by atoms with E-state index in [0.717, 1.165) is 34.6 Å². The van der Waals surface area contributed by atoms with Crippen molar-refractivity contribution < 1.29 is 4.79 Å². The van der Waals surface area contributed by atoms with E-state index in [9.17, 15) is 4.79 Å². The minimum Gasteiger partial charge on any atom is -0.310 e. The number of nitrogens with two attached hydrogens (primary N) is 1. The van der Waals surface area contributed by atoms with Gasteiger partial charge in [-0.3, -0.25) is 10.2 Å². The van der Waals surface area contributed by atoms with Crippen LogP contribution in [0.15, 0.2) is 127 Å². The molecule has 1 aliphatic carbocycles. The maximum Gasteiger partial charge on any atom is 0.265 e. The van der Waals surface area contributed by atoms with Crippen LogP contribution in [0.4, 0.5) is 17.1 Å². The number of nitrogens with zero attached hydrogens (tertiary/aromatic N) is 1. The van der Waals surface area contributed by atoms with Crippen LogP contribution in [0.3, 0.4) is 0 Å². The molecule has 5 aromatic rings. The molecule has 0 radical (unpaired) electrons. The van der Waals surface area contributed by atoms with Gasteiger partial charge in [-0.15, -0.1) is 0 Å². The maximum atomic E-state index is 12.5. The summed E-state index contributed by atoms with van der Waals surface area (Å²) in [5.74, 6) is 5.20. The van der Waals surface area contributed by atoms with E-state index in [1.165, 1.54) is 16.7 Å². The summed E-state index contributed by atoms with van der Waals surface area (Å²) in [6.45, 7) is 2.29. The molecular weight excluding hydrogens is 466 g/mol. The smallest absolute Gasteiger partial charge is 0.265 e. The highest BCUT2D eigenvalue weighted by Crippen LogP contribution is 2.52. The summed E-state index contributed by atoms with van der Waals surface area (Å²) in [7, 11) is 0. The Morgan fingerprint density at radius 3 is 1.79 bits per heavy atom. The van der Waals surface area contributed by atoms with Crippen molar-refractivity contribution in [3.05, 3.63) is 150 Å². The molecule has 0 bridgehead atoms. The van der Waals surface area contributed by atoms with Crippen molar-refractivity contribution >= 4 is 23.0 Å². The quantitative estimate of drug-likeness (QED) is 0.148. The molecule has 6 rings (SSSR count). The van der Waals surface area contributed by atoms with Crippen molar-refractivity contribution in [1.82, 2.24) is 5.43 Å². The Bertz CT molecular complexity index is 1560. The monoisotopic (exact) mass is 495 g/mol. The van der Waals surface area contributed by atoms with Gasteiger partial charge in [0, 0.05) is 28.0 Å². The van der Waals surface area contributed by atoms with Crippen molar-refractivity contribution in [3.8, 4) is 11.1 Å². The van der Waals surface area contributed by atoms with Gasteiger partial charge in [0.05, 0.1) is 0 Å². The number of hydrogen-bond acceptors (Lipinski definition) is 3. The highest BCUT2D eigenvalue weighted by atomic mass is 16.2. The van der Waals surface area contributed by atoms with E-state index in [1.807, 2.05) is 30.3 Å². The van der Waals surface area contributed by atoms with E-state index in [-0.39, 0.29) is 11.3 Å². The number of nitrogen functional groups attached to an aromatic ring is 1. The molecule has 0 heterocycles. The van der Waals surface area contributed by atoms with Crippen molar-refractivity contribution in [2.45, 2.75) is 18.8 Å². The number of benzene rings is 5. The molecule has 186 valence electrons. The van der Waals surface area contributed by atoms with E-state index in [2.05, 4.69) is 114 Å². The lowest BCUT2D eigenvalue weighted by Crippen LogP contribution is -2.30. The summed E-state index contributed by atoms with van der Waals surface area (Å²) in [5, 5.41) is 0. The summed E-state index contributed by atoms with van der Waals surface area (Å²) >= 11 is 0. The minimum absolute atomic E-state index is 0.286. The molecule has 4 nitrogen and oxygen atoms in total. The summed E-state index contributed by atoms with van der Waals surface area (Å²) in [4.78, 5) is 14.8. The number of anilines is 3. The number of amides is 1. The van der Waals surface area contributed by atoms with Gasteiger partial charge in [0.1, 0.15) is 0 Å². The van der Waals surface area contributed by atoms with Crippen LogP contribution in [-0.4, -0.2) is 5.91 Å². The van der Waals surface area contributed by atoms with Crippen LogP contribution in [0.25, 0.3) is 11.1 Å². The van der Waals surface area contributed by atoms with Crippen molar-refractivity contribution in [2.75, 3.05) is 4.90 Å². The first-order valence-corrected chi connectivity index (χ1v) is 12.8. The van der Waals surface area contributed by atoms with Gasteiger partial charge in [-0.05, 0) is 82.8 Å². The molecule has 1 amide bonds. The van der Waals surface area contributed by atoms with Crippen LogP contribution in [-0.2, 0) is 11.8 Å². The predicted octanol–water partition coefficient (Wildman–Crippen LogP) is 7.29. The summed E-state index contributed by atoms with van der Waals surface area (Å²) in [5.41, 5.74) is 11.8. The first-order valence-electron chi connectivity index (χ1n) is 12.8. The van der Waals surface area contributed by atoms with Gasteiger partial charge in [-0.2, -0.15) is 0 Å². The molecule has 5 aromatic carbocycles. The average Bonchev–Trinajstić information content (AvgIpc) is 3.21.